The average molecular weight is 310 g/mol. The highest BCUT2D eigenvalue weighted by atomic mass is 35.5. The van der Waals surface area contributed by atoms with E-state index in [-0.39, 0.29) is 18.6 Å². The fraction of sp³-hybridized carbons (Fsp3) is 0.267. The summed E-state index contributed by atoms with van der Waals surface area (Å²) in [5.41, 5.74) is 0.905. The Morgan fingerprint density at radius 2 is 2.00 bits per heavy atom. The first-order valence-electron chi connectivity index (χ1n) is 6.38. The Kier molecular flexibility index (Phi) is 5.59. The zero-order chi connectivity index (χ0) is 14.4. The summed E-state index contributed by atoms with van der Waals surface area (Å²) < 4.78 is 0.734. The third-order valence-corrected chi connectivity index (χ3v) is 4.24. The number of thiophene rings is 1. The highest BCUT2D eigenvalue weighted by molar-refractivity contribution is 7.16. The van der Waals surface area contributed by atoms with E-state index in [2.05, 4.69) is 5.32 Å². The molecule has 1 atom stereocenters. The van der Waals surface area contributed by atoms with Crippen LogP contribution in [0.5, 0.6) is 0 Å². The Bertz CT molecular complexity index is 556. The second-order valence-corrected chi connectivity index (χ2v) is 6.22. The number of carbonyl (C=O) groups is 1. The van der Waals surface area contributed by atoms with Gasteiger partial charge in [-0.15, -0.1) is 11.3 Å². The molecular weight excluding hydrogens is 294 g/mol. The smallest absolute Gasteiger partial charge is 0.220 e. The molecule has 2 N–H and O–H groups in total. The number of aliphatic hydroxyl groups excluding tert-OH is 1. The maximum atomic E-state index is 11.9. The Morgan fingerprint density at radius 1 is 1.25 bits per heavy atom. The second-order valence-electron chi connectivity index (χ2n) is 4.42. The lowest BCUT2D eigenvalue weighted by atomic mass is 10.1. The number of aryl methyl sites for hydroxylation is 1. The monoisotopic (exact) mass is 309 g/mol. The highest BCUT2D eigenvalue weighted by Crippen LogP contribution is 2.22. The van der Waals surface area contributed by atoms with Gasteiger partial charge < -0.3 is 10.4 Å². The van der Waals surface area contributed by atoms with Crippen LogP contribution in [0, 0.1) is 0 Å². The van der Waals surface area contributed by atoms with Crippen LogP contribution < -0.4 is 5.32 Å². The molecule has 2 rings (SSSR count). The van der Waals surface area contributed by atoms with E-state index in [4.69, 9.17) is 11.6 Å². The van der Waals surface area contributed by atoms with Gasteiger partial charge in [0.2, 0.25) is 5.91 Å². The number of aliphatic hydroxyl groups is 1. The average Bonchev–Trinajstić information content (AvgIpc) is 2.89. The Morgan fingerprint density at radius 3 is 2.60 bits per heavy atom. The summed E-state index contributed by atoms with van der Waals surface area (Å²) >= 11 is 7.33. The molecule has 1 unspecified atom stereocenters. The first-order valence-corrected chi connectivity index (χ1v) is 7.58. The molecule has 0 saturated carbocycles. The van der Waals surface area contributed by atoms with Crippen LogP contribution in [0.15, 0.2) is 42.5 Å². The van der Waals surface area contributed by atoms with Crippen molar-refractivity contribution in [3.05, 3.63) is 57.2 Å². The van der Waals surface area contributed by atoms with Crippen molar-refractivity contribution in [1.29, 1.82) is 0 Å². The molecule has 1 aromatic carbocycles. The quantitative estimate of drug-likeness (QED) is 0.861. The molecule has 1 heterocycles. The number of amides is 1. The van der Waals surface area contributed by atoms with Crippen molar-refractivity contribution in [3.8, 4) is 0 Å². The number of carbonyl (C=O) groups excluding carboxylic acids is 1. The van der Waals surface area contributed by atoms with Crippen LogP contribution in [-0.4, -0.2) is 17.6 Å². The maximum absolute atomic E-state index is 11.9. The molecule has 0 bridgehead atoms. The summed E-state index contributed by atoms with van der Waals surface area (Å²) in [6.07, 6.45) is 1.05. The van der Waals surface area contributed by atoms with Crippen molar-refractivity contribution in [2.75, 3.05) is 6.61 Å². The Hall–Kier alpha value is -1.36. The minimum absolute atomic E-state index is 0.0718. The van der Waals surface area contributed by atoms with Crippen molar-refractivity contribution in [2.24, 2.45) is 0 Å². The van der Waals surface area contributed by atoms with Gasteiger partial charge >= 0.3 is 0 Å². The third kappa shape index (κ3) is 4.34. The van der Waals surface area contributed by atoms with Crippen LogP contribution in [0.25, 0.3) is 0 Å². The predicted octanol–water partition coefficient (Wildman–Crippen LogP) is 3.18. The zero-order valence-corrected chi connectivity index (χ0v) is 12.5. The molecule has 5 heteroatoms. The molecule has 0 fully saturated rings. The molecule has 0 spiro atoms. The molecule has 106 valence electrons. The minimum atomic E-state index is -0.351. The predicted molar refractivity (Wildman–Crippen MR) is 82.1 cm³/mol. The van der Waals surface area contributed by atoms with Gasteiger partial charge in [0.1, 0.15) is 0 Å². The van der Waals surface area contributed by atoms with Crippen molar-refractivity contribution >= 4 is 28.8 Å². The van der Waals surface area contributed by atoms with Crippen molar-refractivity contribution in [2.45, 2.75) is 18.9 Å². The van der Waals surface area contributed by atoms with E-state index in [1.807, 2.05) is 42.5 Å². The number of benzene rings is 1. The molecule has 0 aliphatic carbocycles. The van der Waals surface area contributed by atoms with E-state index in [1.54, 1.807) is 0 Å². The number of rotatable bonds is 6. The van der Waals surface area contributed by atoms with Crippen LogP contribution in [-0.2, 0) is 11.2 Å². The summed E-state index contributed by atoms with van der Waals surface area (Å²) in [6, 6.07) is 12.9. The van der Waals surface area contributed by atoms with Crippen LogP contribution in [0.3, 0.4) is 0 Å². The van der Waals surface area contributed by atoms with Gasteiger partial charge in [-0.05, 0) is 24.1 Å². The van der Waals surface area contributed by atoms with E-state index in [1.165, 1.54) is 11.3 Å². The van der Waals surface area contributed by atoms with Gasteiger partial charge in [0, 0.05) is 11.3 Å². The second kappa shape index (κ2) is 7.43. The van der Waals surface area contributed by atoms with E-state index in [9.17, 15) is 9.90 Å². The number of hydrogen-bond donors (Lipinski definition) is 2. The zero-order valence-electron chi connectivity index (χ0n) is 10.9. The number of hydrogen-bond acceptors (Lipinski definition) is 3. The van der Waals surface area contributed by atoms with Gasteiger partial charge in [0.15, 0.2) is 0 Å². The highest BCUT2D eigenvalue weighted by Gasteiger charge is 2.13. The Balaban J connectivity index is 1.86. The van der Waals surface area contributed by atoms with Gasteiger partial charge in [0.25, 0.3) is 0 Å². The third-order valence-electron chi connectivity index (χ3n) is 2.95. The molecule has 1 amide bonds. The van der Waals surface area contributed by atoms with Crippen molar-refractivity contribution in [1.82, 2.24) is 5.32 Å². The number of nitrogens with one attached hydrogen (secondary N) is 1. The SMILES string of the molecule is O=C(CCc1ccc(Cl)s1)NC(CO)c1ccccc1. The fourth-order valence-corrected chi connectivity index (χ4v) is 3.00. The molecule has 0 aliphatic heterocycles. The summed E-state index contributed by atoms with van der Waals surface area (Å²) in [4.78, 5) is 13.0. The molecule has 0 radical (unpaired) electrons. The minimum Gasteiger partial charge on any atom is -0.394 e. The maximum Gasteiger partial charge on any atom is 0.220 e. The van der Waals surface area contributed by atoms with Crippen LogP contribution in [0.4, 0.5) is 0 Å². The topological polar surface area (TPSA) is 49.3 Å². The van der Waals surface area contributed by atoms with E-state index < -0.39 is 0 Å². The largest absolute Gasteiger partial charge is 0.394 e. The molecule has 1 aromatic heterocycles. The van der Waals surface area contributed by atoms with Crippen LogP contribution in [0.2, 0.25) is 4.34 Å². The summed E-state index contributed by atoms with van der Waals surface area (Å²) in [5, 5.41) is 12.2. The molecule has 0 saturated heterocycles. The van der Waals surface area contributed by atoms with Crippen molar-refractivity contribution in [3.63, 3.8) is 0 Å². The molecule has 3 nitrogen and oxygen atoms in total. The van der Waals surface area contributed by atoms with Gasteiger partial charge in [-0.25, -0.2) is 0 Å². The summed E-state index contributed by atoms with van der Waals surface area (Å²) in [5.74, 6) is -0.0718. The number of halogens is 1. The van der Waals surface area contributed by atoms with Gasteiger partial charge in [-0.1, -0.05) is 41.9 Å². The normalized spacial score (nSPS) is 12.1. The van der Waals surface area contributed by atoms with Gasteiger partial charge in [0.05, 0.1) is 17.0 Å². The lowest BCUT2D eigenvalue weighted by molar-refractivity contribution is -0.122. The molecule has 2 aromatic rings. The fourth-order valence-electron chi connectivity index (χ4n) is 1.91. The lowest BCUT2D eigenvalue weighted by Crippen LogP contribution is -2.30. The van der Waals surface area contributed by atoms with Gasteiger partial charge in [-0.3, -0.25) is 4.79 Å². The molecular formula is C15H16ClNO2S. The standard InChI is InChI=1S/C15H16ClNO2S/c16-14-8-6-12(20-14)7-9-15(19)17-13(10-18)11-4-2-1-3-5-11/h1-6,8,13,18H,7,9-10H2,(H,17,19). The Labute approximate surface area is 127 Å². The summed E-state index contributed by atoms with van der Waals surface area (Å²) in [7, 11) is 0. The first kappa shape index (κ1) is 15.0. The molecule has 20 heavy (non-hydrogen) atoms. The van der Waals surface area contributed by atoms with Crippen LogP contribution in [0.1, 0.15) is 22.9 Å². The van der Waals surface area contributed by atoms with Gasteiger partial charge in [-0.2, -0.15) is 0 Å². The van der Waals surface area contributed by atoms with E-state index in [0.717, 1.165) is 14.8 Å². The first-order chi connectivity index (χ1) is 9.69. The summed E-state index contributed by atoms with van der Waals surface area (Å²) in [6.45, 7) is -0.111. The molecule has 0 aliphatic rings. The van der Waals surface area contributed by atoms with E-state index >= 15 is 0 Å². The lowest BCUT2D eigenvalue weighted by Gasteiger charge is -2.16. The van der Waals surface area contributed by atoms with E-state index in [0.29, 0.717) is 12.8 Å². The van der Waals surface area contributed by atoms with Crippen molar-refractivity contribution < 1.29 is 9.90 Å². The van der Waals surface area contributed by atoms with Crippen LogP contribution >= 0.6 is 22.9 Å².